The highest BCUT2D eigenvalue weighted by Crippen LogP contribution is 2.61. The minimum atomic E-state index is -3.85. The molecule has 188 valence electrons. The van der Waals surface area contributed by atoms with Crippen molar-refractivity contribution in [2.45, 2.75) is 70.2 Å². The first-order valence-electron chi connectivity index (χ1n) is 12.3. The van der Waals surface area contributed by atoms with Crippen molar-refractivity contribution in [2.75, 3.05) is 19.7 Å². The summed E-state index contributed by atoms with van der Waals surface area (Å²) in [5, 5.41) is 14.7. The van der Waals surface area contributed by atoms with Gasteiger partial charge in [0.2, 0.25) is 10.0 Å². The van der Waals surface area contributed by atoms with Gasteiger partial charge >= 0.3 is 5.69 Å². The van der Waals surface area contributed by atoms with Gasteiger partial charge in [0.25, 0.3) is 5.91 Å². The fourth-order valence-corrected chi connectivity index (χ4v) is 8.40. The van der Waals surface area contributed by atoms with Gasteiger partial charge in [-0.1, -0.05) is 13.8 Å². The van der Waals surface area contributed by atoms with Crippen LogP contribution < -0.4 is 10.1 Å². The smallest absolute Gasteiger partial charge is 0.312 e. The maximum Gasteiger partial charge on any atom is 0.312 e. The molecule has 1 amide bonds. The van der Waals surface area contributed by atoms with Crippen molar-refractivity contribution in [3.05, 3.63) is 28.3 Å². The lowest BCUT2D eigenvalue weighted by atomic mass is 9.48. The van der Waals surface area contributed by atoms with E-state index in [0.29, 0.717) is 0 Å². The molecule has 0 radical (unpaired) electrons. The van der Waals surface area contributed by atoms with Gasteiger partial charge in [0.1, 0.15) is 0 Å². The Morgan fingerprint density at radius 1 is 1.18 bits per heavy atom. The van der Waals surface area contributed by atoms with Crippen molar-refractivity contribution in [3.8, 4) is 5.75 Å². The van der Waals surface area contributed by atoms with E-state index >= 15 is 0 Å². The lowest BCUT2D eigenvalue weighted by Crippen LogP contribution is -2.56. The molecular weight excluding hydrogens is 458 g/mol. The van der Waals surface area contributed by atoms with E-state index < -0.39 is 20.6 Å². The third-order valence-electron chi connectivity index (χ3n) is 8.21. The number of nitrogens with one attached hydrogen (secondary N) is 1. The zero-order chi connectivity index (χ0) is 24.7. The van der Waals surface area contributed by atoms with E-state index in [0.717, 1.165) is 43.1 Å². The largest absolute Gasteiger partial charge is 0.477 e. The average Bonchev–Trinajstić information content (AvgIpc) is 2.77. The number of amides is 1. The summed E-state index contributed by atoms with van der Waals surface area (Å²) in [4.78, 5) is 23.4. The maximum atomic E-state index is 12.7. The first-order chi connectivity index (χ1) is 16.1. The van der Waals surface area contributed by atoms with Gasteiger partial charge in [0.05, 0.1) is 9.82 Å². The molecule has 4 bridgehead atoms. The number of nitrogens with zero attached hydrogens (tertiary/aromatic N) is 2. The van der Waals surface area contributed by atoms with Crippen LogP contribution in [0.25, 0.3) is 0 Å². The Kier molecular flexibility index (Phi) is 6.92. The molecule has 0 aromatic heterocycles. The number of ether oxygens (including phenoxy) is 1. The standard InChI is InChI=1S/C24H35N3O6S/c1-4-26(5-2)34(31,32)20-6-7-22(21(11-20)27(29)30)33-15-23(28)25-16(3)24-12-17-8-18(13-24)10-19(9-17)14-24/h6-7,11,16-19H,4-5,8-10,12-15H2,1-3H3,(H,25,28). The summed E-state index contributed by atoms with van der Waals surface area (Å²) in [6, 6.07) is 3.56. The number of hydrogen-bond acceptors (Lipinski definition) is 6. The number of nitro groups is 1. The molecule has 1 aromatic carbocycles. The van der Waals surface area contributed by atoms with Crippen LogP contribution in [0.1, 0.15) is 59.3 Å². The maximum absolute atomic E-state index is 12.7. The van der Waals surface area contributed by atoms with Gasteiger partial charge in [-0.15, -0.1) is 0 Å². The van der Waals surface area contributed by atoms with Gasteiger partial charge in [-0.05, 0) is 80.8 Å². The number of benzene rings is 1. The van der Waals surface area contributed by atoms with Crippen molar-refractivity contribution in [2.24, 2.45) is 23.2 Å². The van der Waals surface area contributed by atoms with Crippen LogP contribution in [0.5, 0.6) is 5.75 Å². The molecule has 9 nitrogen and oxygen atoms in total. The molecule has 1 unspecified atom stereocenters. The number of carbonyl (C=O) groups excluding carboxylic acids is 1. The molecular formula is C24H35N3O6S. The van der Waals surface area contributed by atoms with E-state index in [9.17, 15) is 23.3 Å². The van der Waals surface area contributed by atoms with Crippen LogP contribution in [0.2, 0.25) is 0 Å². The third-order valence-corrected chi connectivity index (χ3v) is 10.3. The van der Waals surface area contributed by atoms with E-state index in [-0.39, 0.29) is 47.7 Å². The SMILES string of the molecule is CCN(CC)S(=O)(=O)c1ccc(OCC(=O)NC(C)C23CC4CC(CC(C4)C2)C3)c([N+](=O)[O-])c1. The normalized spacial score (nSPS) is 28.6. The highest BCUT2D eigenvalue weighted by atomic mass is 32.2. The third kappa shape index (κ3) is 4.66. The summed E-state index contributed by atoms with van der Waals surface area (Å²) in [5.74, 6) is 1.88. The number of hydrogen-bond donors (Lipinski definition) is 1. The Balaban J connectivity index is 1.42. The Labute approximate surface area is 201 Å². The van der Waals surface area contributed by atoms with E-state index in [4.69, 9.17) is 4.74 Å². The van der Waals surface area contributed by atoms with Gasteiger partial charge in [0, 0.05) is 25.2 Å². The molecule has 0 saturated heterocycles. The Hall–Kier alpha value is -2.20. The van der Waals surface area contributed by atoms with E-state index in [1.165, 1.54) is 35.7 Å². The fourth-order valence-electron chi connectivity index (χ4n) is 6.92. The molecule has 4 aliphatic carbocycles. The molecule has 34 heavy (non-hydrogen) atoms. The van der Waals surface area contributed by atoms with Gasteiger partial charge in [-0.3, -0.25) is 14.9 Å². The quantitative estimate of drug-likeness (QED) is 0.392. The highest BCUT2D eigenvalue weighted by Gasteiger charge is 2.53. The topological polar surface area (TPSA) is 119 Å². The summed E-state index contributed by atoms with van der Waals surface area (Å²) in [6.07, 6.45) is 7.46. The lowest BCUT2D eigenvalue weighted by molar-refractivity contribution is -0.386. The summed E-state index contributed by atoms with van der Waals surface area (Å²) in [7, 11) is -3.85. The van der Waals surface area contributed by atoms with Gasteiger partial charge < -0.3 is 10.1 Å². The van der Waals surface area contributed by atoms with Crippen LogP contribution >= 0.6 is 0 Å². The minimum absolute atomic E-state index is 0.0218. The summed E-state index contributed by atoms with van der Waals surface area (Å²) < 4.78 is 32.2. The number of nitro benzene ring substituents is 1. The predicted molar refractivity (Wildman–Crippen MR) is 127 cm³/mol. The second kappa shape index (κ2) is 9.45. The number of carbonyl (C=O) groups is 1. The van der Waals surface area contributed by atoms with Crippen LogP contribution in [0.15, 0.2) is 23.1 Å². The summed E-state index contributed by atoms with van der Waals surface area (Å²) in [6.45, 7) is 5.63. The van der Waals surface area contributed by atoms with Crippen LogP contribution in [-0.2, 0) is 14.8 Å². The average molecular weight is 494 g/mol. The van der Waals surface area contributed by atoms with E-state index in [1.807, 2.05) is 0 Å². The Bertz CT molecular complexity index is 1020. The number of sulfonamides is 1. The van der Waals surface area contributed by atoms with Crippen LogP contribution in [0.3, 0.4) is 0 Å². The van der Waals surface area contributed by atoms with Crippen molar-refractivity contribution < 1.29 is 22.9 Å². The highest BCUT2D eigenvalue weighted by molar-refractivity contribution is 7.89. The molecule has 4 fully saturated rings. The zero-order valence-electron chi connectivity index (χ0n) is 20.2. The molecule has 0 heterocycles. The van der Waals surface area contributed by atoms with Crippen LogP contribution in [0, 0.1) is 33.3 Å². The molecule has 1 aromatic rings. The molecule has 0 spiro atoms. The zero-order valence-corrected chi connectivity index (χ0v) is 21.0. The monoisotopic (exact) mass is 493 g/mol. The van der Waals surface area contributed by atoms with Crippen LogP contribution in [0.4, 0.5) is 5.69 Å². The van der Waals surface area contributed by atoms with E-state index in [2.05, 4.69) is 12.2 Å². The molecule has 10 heteroatoms. The molecule has 0 aliphatic heterocycles. The first-order valence-corrected chi connectivity index (χ1v) is 13.7. The van der Waals surface area contributed by atoms with Crippen LogP contribution in [-0.4, -0.2) is 49.3 Å². The lowest BCUT2D eigenvalue weighted by Gasteiger charge is -2.59. The van der Waals surface area contributed by atoms with Crippen molar-refractivity contribution in [1.29, 1.82) is 0 Å². The summed E-state index contributed by atoms with van der Waals surface area (Å²) >= 11 is 0. The Morgan fingerprint density at radius 2 is 1.74 bits per heavy atom. The summed E-state index contributed by atoms with van der Waals surface area (Å²) in [5.41, 5.74) is -0.327. The van der Waals surface area contributed by atoms with Gasteiger partial charge in [-0.2, -0.15) is 4.31 Å². The second-order valence-electron chi connectivity index (χ2n) is 10.3. The number of rotatable bonds is 10. The van der Waals surface area contributed by atoms with Gasteiger partial charge in [-0.25, -0.2) is 8.42 Å². The molecule has 4 aliphatic rings. The molecule has 5 rings (SSSR count). The van der Waals surface area contributed by atoms with E-state index in [1.54, 1.807) is 13.8 Å². The van der Waals surface area contributed by atoms with Crippen molar-refractivity contribution in [1.82, 2.24) is 9.62 Å². The predicted octanol–water partition coefficient (Wildman–Crippen LogP) is 3.73. The minimum Gasteiger partial charge on any atom is -0.477 e. The Morgan fingerprint density at radius 3 is 2.24 bits per heavy atom. The van der Waals surface area contributed by atoms with Gasteiger partial charge in [0.15, 0.2) is 12.4 Å². The van der Waals surface area contributed by atoms with Crippen molar-refractivity contribution >= 4 is 21.6 Å². The first kappa shape index (κ1) is 24.9. The fraction of sp³-hybridized carbons (Fsp3) is 0.708. The molecule has 1 atom stereocenters. The molecule has 1 N–H and O–H groups in total. The second-order valence-corrected chi connectivity index (χ2v) is 12.3. The molecule has 4 saturated carbocycles. The van der Waals surface area contributed by atoms with Crippen molar-refractivity contribution in [3.63, 3.8) is 0 Å².